The standard InChI is InChI=1S/C31H37NO/c1-22-8-4-5-10-25(22)18-33-28-13-12-24-9-6-7-11-26(24)27(28)17-32-31-16-23-14-29(2,20-31)19-30(3,15-23)21-31/h4-13,23,32H,14-21H2,1-3H3. The van der Waals surface area contributed by atoms with E-state index >= 15 is 0 Å². The lowest BCUT2D eigenvalue weighted by atomic mass is 9.43. The molecule has 1 N–H and O–H groups in total. The first-order chi connectivity index (χ1) is 15.8. The van der Waals surface area contributed by atoms with Crippen LogP contribution in [-0.2, 0) is 13.2 Å². The van der Waals surface area contributed by atoms with Crippen molar-refractivity contribution in [2.24, 2.45) is 16.7 Å². The maximum absolute atomic E-state index is 6.48. The summed E-state index contributed by atoms with van der Waals surface area (Å²) in [5, 5.41) is 6.76. The summed E-state index contributed by atoms with van der Waals surface area (Å²) in [7, 11) is 0. The molecular formula is C31H37NO. The maximum atomic E-state index is 6.48. The summed E-state index contributed by atoms with van der Waals surface area (Å²) in [6.45, 7) is 8.77. The predicted octanol–water partition coefficient (Wildman–Crippen LogP) is 7.57. The molecule has 3 aromatic rings. The molecule has 0 saturated heterocycles. The average Bonchev–Trinajstić information content (AvgIpc) is 2.75. The van der Waals surface area contributed by atoms with Gasteiger partial charge in [-0.25, -0.2) is 0 Å². The van der Waals surface area contributed by atoms with Gasteiger partial charge >= 0.3 is 0 Å². The van der Waals surface area contributed by atoms with Crippen LogP contribution in [0.5, 0.6) is 5.75 Å². The Balaban J connectivity index is 1.30. The summed E-state index contributed by atoms with van der Waals surface area (Å²) in [4.78, 5) is 0. The van der Waals surface area contributed by atoms with Crippen LogP contribution in [0.3, 0.4) is 0 Å². The van der Waals surface area contributed by atoms with Crippen molar-refractivity contribution < 1.29 is 4.74 Å². The lowest BCUT2D eigenvalue weighted by molar-refractivity contribution is -0.118. The Morgan fingerprint density at radius 3 is 2.33 bits per heavy atom. The summed E-state index contributed by atoms with van der Waals surface area (Å²) < 4.78 is 6.48. The fraction of sp³-hybridized carbons (Fsp3) is 0.484. The van der Waals surface area contributed by atoms with Crippen LogP contribution in [-0.4, -0.2) is 5.54 Å². The van der Waals surface area contributed by atoms with Crippen molar-refractivity contribution in [1.82, 2.24) is 5.32 Å². The van der Waals surface area contributed by atoms with Crippen molar-refractivity contribution in [3.8, 4) is 5.75 Å². The number of nitrogens with one attached hydrogen (secondary N) is 1. The van der Waals surface area contributed by atoms with E-state index in [1.165, 1.54) is 66.0 Å². The van der Waals surface area contributed by atoms with Gasteiger partial charge in [0.2, 0.25) is 0 Å². The van der Waals surface area contributed by atoms with Crippen LogP contribution >= 0.6 is 0 Å². The van der Waals surface area contributed by atoms with Gasteiger partial charge in [0.05, 0.1) is 0 Å². The lowest BCUT2D eigenvalue weighted by Gasteiger charge is -2.65. The largest absolute Gasteiger partial charge is 0.489 e. The van der Waals surface area contributed by atoms with Crippen LogP contribution in [0, 0.1) is 23.7 Å². The van der Waals surface area contributed by atoms with Gasteiger partial charge in [-0.15, -0.1) is 0 Å². The summed E-state index contributed by atoms with van der Waals surface area (Å²) in [5.41, 5.74) is 5.17. The molecule has 4 saturated carbocycles. The topological polar surface area (TPSA) is 21.3 Å². The van der Waals surface area contributed by atoms with Gasteiger partial charge in [-0.2, -0.15) is 0 Å². The molecule has 172 valence electrons. The minimum Gasteiger partial charge on any atom is -0.489 e. The van der Waals surface area contributed by atoms with E-state index in [0.29, 0.717) is 17.4 Å². The molecule has 0 aliphatic heterocycles. The Kier molecular flexibility index (Phi) is 4.89. The second-order valence-electron chi connectivity index (χ2n) is 12.2. The van der Waals surface area contributed by atoms with E-state index in [4.69, 9.17) is 4.74 Å². The third kappa shape index (κ3) is 3.87. The quantitative estimate of drug-likeness (QED) is 0.428. The van der Waals surface area contributed by atoms with Gasteiger partial charge < -0.3 is 10.1 Å². The van der Waals surface area contributed by atoms with E-state index in [1.807, 2.05) is 0 Å². The Morgan fingerprint density at radius 1 is 0.848 bits per heavy atom. The van der Waals surface area contributed by atoms with Crippen molar-refractivity contribution in [2.75, 3.05) is 0 Å². The predicted molar refractivity (Wildman–Crippen MR) is 136 cm³/mol. The molecule has 33 heavy (non-hydrogen) atoms. The molecular weight excluding hydrogens is 402 g/mol. The smallest absolute Gasteiger partial charge is 0.124 e. The molecule has 4 aliphatic rings. The minimum atomic E-state index is 0.285. The van der Waals surface area contributed by atoms with E-state index in [0.717, 1.165) is 18.2 Å². The number of hydrogen-bond acceptors (Lipinski definition) is 2. The fourth-order valence-corrected chi connectivity index (χ4v) is 8.48. The molecule has 0 radical (unpaired) electrons. The van der Waals surface area contributed by atoms with E-state index in [1.54, 1.807) is 0 Å². The highest BCUT2D eigenvalue weighted by Crippen LogP contribution is 2.66. The second-order valence-corrected chi connectivity index (χ2v) is 12.2. The minimum absolute atomic E-state index is 0.285. The van der Waals surface area contributed by atoms with E-state index in [9.17, 15) is 0 Å². The lowest BCUT2D eigenvalue weighted by Crippen LogP contribution is -2.63. The van der Waals surface area contributed by atoms with Crippen LogP contribution in [0.2, 0.25) is 0 Å². The molecule has 7 rings (SSSR count). The normalized spacial score (nSPS) is 32.4. The molecule has 4 bridgehead atoms. The Hall–Kier alpha value is -2.32. The molecule has 0 amide bonds. The van der Waals surface area contributed by atoms with Crippen LogP contribution in [0.15, 0.2) is 60.7 Å². The van der Waals surface area contributed by atoms with Gasteiger partial charge in [0.1, 0.15) is 12.4 Å². The Labute approximate surface area is 198 Å². The molecule has 2 nitrogen and oxygen atoms in total. The zero-order chi connectivity index (χ0) is 22.7. The molecule has 4 fully saturated rings. The van der Waals surface area contributed by atoms with Gasteiger partial charge in [0, 0.05) is 17.6 Å². The van der Waals surface area contributed by atoms with Crippen molar-refractivity contribution >= 4 is 10.8 Å². The van der Waals surface area contributed by atoms with E-state index < -0.39 is 0 Å². The van der Waals surface area contributed by atoms with Crippen molar-refractivity contribution in [3.05, 3.63) is 77.4 Å². The number of hydrogen-bond donors (Lipinski definition) is 1. The molecule has 2 unspecified atom stereocenters. The third-order valence-corrected chi connectivity index (χ3v) is 8.91. The number of rotatable bonds is 6. The van der Waals surface area contributed by atoms with Crippen LogP contribution < -0.4 is 10.1 Å². The first-order valence-corrected chi connectivity index (χ1v) is 12.8. The zero-order valence-corrected chi connectivity index (χ0v) is 20.4. The molecule has 2 atom stereocenters. The summed E-state index contributed by atoms with van der Waals surface area (Å²) in [5.74, 6) is 1.92. The monoisotopic (exact) mass is 439 g/mol. The Bertz CT molecular complexity index is 1180. The van der Waals surface area contributed by atoms with E-state index in [-0.39, 0.29) is 5.54 Å². The van der Waals surface area contributed by atoms with Gasteiger partial charge in [-0.1, -0.05) is 68.4 Å². The van der Waals surface area contributed by atoms with Crippen LogP contribution in [0.4, 0.5) is 0 Å². The van der Waals surface area contributed by atoms with Crippen molar-refractivity contribution in [3.63, 3.8) is 0 Å². The van der Waals surface area contributed by atoms with Gasteiger partial charge in [0.25, 0.3) is 0 Å². The second kappa shape index (κ2) is 7.60. The van der Waals surface area contributed by atoms with Crippen LogP contribution in [0.1, 0.15) is 69.1 Å². The van der Waals surface area contributed by atoms with Crippen molar-refractivity contribution in [1.29, 1.82) is 0 Å². The number of ether oxygens (including phenoxy) is 1. The Morgan fingerprint density at radius 2 is 1.58 bits per heavy atom. The van der Waals surface area contributed by atoms with Gasteiger partial charge in [0.15, 0.2) is 0 Å². The highest BCUT2D eigenvalue weighted by atomic mass is 16.5. The molecule has 2 heteroatoms. The highest BCUT2D eigenvalue weighted by Gasteiger charge is 2.59. The maximum Gasteiger partial charge on any atom is 0.124 e. The summed E-state index contributed by atoms with van der Waals surface area (Å²) in [6.07, 6.45) is 8.30. The SMILES string of the molecule is Cc1ccccc1COc1ccc2ccccc2c1CNC12CC3CC(C)(CC(C)(C3)C1)C2. The first-order valence-electron chi connectivity index (χ1n) is 12.8. The van der Waals surface area contributed by atoms with Crippen molar-refractivity contribution in [2.45, 2.75) is 78.0 Å². The summed E-state index contributed by atoms with van der Waals surface area (Å²) >= 11 is 0. The van der Waals surface area contributed by atoms with Crippen LogP contribution in [0.25, 0.3) is 10.8 Å². The molecule has 4 aliphatic carbocycles. The van der Waals surface area contributed by atoms with Gasteiger partial charge in [-0.3, -0.25) is 0 Å². The summed E-state index contributed by atoms with van der Waals surface area (Å²) in [6, 6.07) is 21.7. The highest BCUT2D eigenvalue weighted by molar-refractivity contribution is 5.87. The van der Waals surface area contributed by atoms with E-state index in [2.05, 4.69) is 86.8 Å². The molecule has 0 heterocycles. The number of fused-ring (bicyclic) bond motifs is 1. The molecule has 0 spiro atoms. The number of benzene rings is 3. The molecule has 3 aromatic carbocycles. The molecule has 0 aromatic heterocycles. The first kappa shape index (κ1) is 21.2. The third-order valence-electron chi connectivity index (χ3n) is 8.91. The van der Waals surface area contributed by atoms with Gasteiger partial charge in [-0.05, 0) is 90.2 Å². The zero-order valence-electron chi connectivity index (χ0n) is 20.4. The number of aryl methyl sites for hydroxylation is 1. The average molecular weight is 440 g/mol. The fourth-order valence-electron chi connectivity index (χ4n) is 8.48.